The number of hydrogen-bond acceptors (Lipinski definition) is 1. The molecule has 90 valence electrons. The number of furan rings is 1. The number of aryl methyl sites for hydroxylation is 1. The van der Waals surface area contributed by atoms with E-state index in [1.807, 2.05) is 20.8 Å². The molecule has 1 nitrogen and oxygen atoms in total. The van der Waals surface area contributed by atoms with Crippen LogP contribution in [0.5, 0.6) is 0 Å². The van der Waals surface area contributed by atoms with Crippen LogP contribution < -0.4 is 0 Å². The first-order valence-electron chi connectivity index (χ1n) is 6.07. The Kier molecular flexibility index (Phi) is 7.36. The Morgan fingerprint density at radius 1 is 1.44 bits per heavy atom. The van der Waals surface area contributed by atoms with Gasteiger partial charge in [-0.1, -0.05) is 52.8 Å². The van der Waals surface area contributed by atoms with Gasteiger partial charge in [0, 0.05) is 5.56 Å². The summed E-state index contributed by atoms with van der Waals surface area (Å²) in [5.74, 6) is 1.48. The van der Waals surface area contributed by atoms with Crippen molar-refractivity contribution in [2.24, 2.45) is 5.92 Å². The summed E-state index contributed by atoms with van der Waals surface area (Å²) in [6.45, 7) is 14.2. The standard InChI is InChI=1S/C13H18O.C2H6/c1-5-10(3)7-8-12-11(4)9-14-13(12)6-2;1-2/h6-10H,2,5H2,1,3-4H3;1-2H3/b8-7-;. The first kappa shape index (κ1) is 14.8. The van der Waals surface area contributed by atoms with Gasteiger partial charge in [0.15, 0.2) is 0 Å². The van der Waals surface area contributed by atoms with Crippen LogP contribution in [0.2, 0.25) is 0 Å². The van der Waals surface area contributed by atoms with Crippen molar-refractivity contribution in [1.29, 1.82) is 0 Å². The third-order valence-electron chi connectivity index (χ3n) is 2.47. The number of hydrogen-bond donors (Lipinski definition) is 0. The van der Waals surface area contributed by atoms with E-state index in [1.54, 1.807) is 12.3 Å². The van der Waals surface area contributed by atoms with E-state index in [2.05, 4.69) is 32.6 Å². The second kappa shape index (κ2) is 7.98. The molecule has 1 aromatic rings. The Morgan fingerprint density at radius 2 is 2.06 bits per heavy atom. The van der Waals surface area contributed by atoms with Gasteiger partial charge in [0.25, 0.3) is 0 Å². The quantitative estimate of drug-likeness (QED) is 0.669. The average Bonchev–Trinajstić information content (AvgIpc) is 2.69. The lowest BCUT2D eigenvalue weighted by Crippen LogP contribution is -1.84. The molecular weight excluding hydrogens is 196 g/mol. The fourth-order valence-electron chi connectivity index (χ4n) is 1.24. The first-order chi connectivity index (χ1) is 7.69. The first-order valence-corrected chi connectivity index (χ1v) is 6.07. The molecule has 0 radical (unpaired) electrons. The molecule has 0 N–H and O–H groups in total. The van der Waals surface area contributed by atoms with E-state index in [9.17, 15) is 0 Å². The zero-order valence-electron chi connectivity index (χ0n) is 11.2. The molecule has 0 spiro atoms. The Balaban J connectivity index is 0.00000106. The van der Waals surface area contributed by atoms with Gasteiger partial charge < -0.3 is 4.42 Å². The molecule has 0 aliphatic heterocycles. The van der Waals surface area contributed by atoms with Crippen LogP contribution in [0, 0.1) is 12.8 Å². The van der Waals surface area contributed by atoms with Crippen molar-refractivity contribution < 1.29 is 4.42 Å². The number of rotatable bonds is 4. The largest absolute Gasteiger partial charge is 0.464 e. The lowest BCUT2D eigenvalue weighted by Gasteiger charge is -1.99. The summed E-state index contributed by atoms with van der Waals surface area (Å²) in [6, 6.07) is 0. The smallest absolute Gasteiger partial charge is 0.133 e. The molecule has 1 heterocycles. The van der Waals surface area contributed by atoms with Crippen LogP contribution in [0.25, 0.3) is 12.2 Å². The molecule has 0 bridgehead atoms. The van der Waals surface area contributed by atoms with E-state index in [0.29, 0.717) is 5.92 Å². The zero-order valence-corrected chi connectivity index (χ0v) is 11.2. The third kappa shape index (κ3) is 4.09. The number of allylic oxidation sites excluding steroid dienone is 1. The summed E-state index contributed by atoms with van der Waals surface area (Å²) < 4.78 is 5.34. The second-order valence-corrected chi connectivity index (χ2v) is 3.65. The molecule has 0 saturated carbocycles. The molecule has 1 atom stereocenters. The average molecular weight is 220 g/mol. The monoisotopic (exact) mass is 220 g/mol. The highest BCUT2D eigenvalue weighted by Gasteiger charge is 2.04. The van der Waals surface area contributed by atoms with Crippen LogP contribution in [0.3, 0.4) is 0 Å². The van der Waals surface area contributed by atoms with Gasteiger partial charge in [-0.2, -0.15) is 0 Å². The van der Waals surface area contributed by atoms with E-state index >= 15 is 0 Å². The Morgan fingerprint density at radius 3 is 2.56 bits per heavy atom. The second-order valence-electron chi connectivity index (χ2n) is 3.65. The fourth-order valence-corrected chi connectivity index (χ4v) is 1.24. The van der Waals surface area contributed by atoms with Gasteiger partial charge in [0.2, 0.25) is 0 Å². The van der Waals surface area contributed by atoms with Crippen LogP contribution >= 0.6 is 0 Å². The van der Waals surface area contributed by atoms with Gasteiger partial charge in [-0.05, 0) is 24.5 Å². The molecule has 0 aliphatic rings. The maximum atomic E-state index is 5.34. The highest BCUT2D eigenvalue weighted by atomic mass is 16.3. The summed E-state index contributed by atoms with van der Waals surface area (Å²) in [6.07, 6.45) is 9.03. The van der Waals surface area contributed by atoms with Crippen LogP contribution in [0.4, 0.5) is 0 Å². The molecule has 0 saturated heterocycles. The fraction of sp³-hybridized carbons (Fsp3) is 0.467. The molecule has 1 aromatic heterocycles. The molecule has 1 heteroatoms. The van der Waals surface area contributed by atoms with Gasteiger partial charge >= 0.3 is 0 Å². The maximum Gasteiger partial charge on any atom is 0.133 e. The van der Waals surface area contributed by atoms with Crippen molar-refractivity contribution in [1.82, 2.24) is 0 Å². The summed E-state index contributed by atoms with van der Waals surface area (Å²) in [7, 11) is 0. The zero-order chi connectivity index (χ0) is 12.6. The van der Waals surface area contributed by atoms with Crippen molar-refractivity contribution in [3.05, 3.63) is 35.8 Å². The third-order valence-corrected chi connectivity index (χ3v) is 2.47. The SMILES string of the molecule is C=Cc1occ(C)c1/C=C\C(C)CC.CC. The minimum atomic E-state index is 0.613. The van der Waals surface area contributed by atoms with E-state index in [-0.39, 0.29) is 0 Å². The van der Waals surface area contributed by atoms with Crippen LogP contribution in [-0.2, 0) is 0 Å². The van der Waals surface area contributed by atoms with Crippen molar-refractivity contribution in [2.45, 2.75) is 41.0 Å². The maximum absolute atomic E-state index is 5.34. The molecule has 16 heavy (non-hydrogen) atoms. The topological polar surface area (TPSA) is 13.1 Å². The highest BCUT2D eigenvalue weighted by molar-refractivity contribution is 5.63. The summed E-state index contributed by atoms with van der Waals surface area (Å²) in [5.41, 5.74) is 2.32. The van der Waals surface area contributed by atoms with Gasteiger partial charge in [-0.15, -0.1) is 0 Å². The predicted molar refractivity (Wildman–Crippen MR) is 73.4 cm³/mol. The molecule has 0 aliphatic carbocycles. The van der Waals surface area contributed by atoms with Gasteiger partial charge in [0.1, 0.15) is 5.76 Å². The normalized spacial score (nSPS) is 12.1. The molecule has 0 fully saturated rings. The van der Waals surface area contributed by atoms with Gasteiger partial charge in [-0.25, -0.2) is 0 Å². The Labute approximate surface area is 99.9 Å². The molecule has 0 aromatic carbocycles. The van der Waals surface area contributed by atoms with Crippen LogP contribution in [0.15, 0.2) is 23.3 Å². The lowest BCUT2D eigenvalue weighted by molar-refractivity contribution is 0.555. The molecular formula is C15H24O. The summed E-state index contributed by atoms with van der Waals surface area (Å²) >= 11 is 0. The van der Waals surface area contributed by atoms with Crippen LogP contribution in [-0.4, -0.2) is 0 Å². The predicted octanol–water partition coefficient (Wildman–Crippen LogP) is 5.32. The van der Waals surface area contributed by atoms with E-state index in [1.165, 1.54) is 5.56 Å². The Hall–Kier alpha value is -1.24. The van der Waals surface area contributed by atoms with Gasteiger partial charge in [0.05, 0.1) is 6.26 Å². The van der Waals surface area contributed by atoms with Crippen molar-refractivity contribution in [2.75, 3.05) is 0 Å². The van der Waals surface area contributed by atoms with Crippen molar-refractivity contribution in [3.63, 3.8) is 0 Å². The van der Waals surface area contributed by atoms with E-state index in [0.717, 1.165) is 17.7 Å². The lowest BCUT2D eigenvalue weighted by atomic mass is 10.1. The molecule has 0 amide bonds. The minimum Gasteiger partial charge on any atom is -0.464 e. The molecule has 1 rings (SSSR count). The van der Waals surface area contributed by atoms with Crippen LogP contribution in [0.1, 0.15) is 51.0 Å². The van der Waals surface area contributed by atoms with Crippen molar-refractivity contribution in [3.8, 4) is 0 Å². The highest BCUT2D eigenvalue weighted by Crippen LogP contribution is 2.20. The van der Waals surface area contributed by atoms with E-state index < -0.39 is 0 Å². The van der Waals surface area contributed by atoms with Crippen molar-refractivity contribution >= 4 is 12.2 Å². The summed E-state index contributed by atoms with van der Waals surface area (Å²) in [4.78, 5) is 0. The Bertz CT molecular complexity index is 331. The van der Waals surface area contributed by atoms with Gasteiger partial charge in [-0.3, -0.25) is 0 Å². The minimum absolute atomic E-state index is 0.613. The molecule has 1 unspecified atom stereocenters. The summed E-state index contributed by atoms with van der Waals surface area (Å²) in [5, 5.41) is 0. The van der Waals surface area contributed by atoms with E-state index in [4.69, 9.17) is 4.42 Å².